The lowest BCUT2D eigenvalue weighted by Crippen LogP contribution is -2.36. The van der Waals surface area contributed by atoms with E-state index in [1.54, 1.807) is 13.0 Å². The highest BCUT2D eigenvalue weighted by Crippen LogP contribution is 2.29. The zero-order valence-corrected chi connectivity index (χ0v) is 14.3. The van der Waals surface area contributed by atoms with Crippen LogP contribution >= 0.6 is 0 Å². The van der Waals surface area contributed by atoms with Crippen molar-refractivity contribution in [3.8, 4) is 5.75 Å². The molecule has 1 N–H and O–H groups in total. The summed E-state index contributed by atoms with van der Waals surface area (Å²) in [4.78, 5) is 12.1. The molecule has 2 rings (SSSR count). The van der Waals surface area contributed by atoms with E-state index in [1.807, 2.05) is 26.0 Å². The van der Waals surface area contributed by atoms with Crippen molar-refractivity contribution < 1.29 is 22.7 Å². The zero-order valence-electron chi connectivity index (χ0n) is 14.3. The van der Waals surface area contributed by atoms with Crippen LogP contribution in [-0.4, -0.2) is 12.0 Å². The molecule has 2 aromatic rings. The van der Waals surface area contributed by atoms with Crippen molar-refractivity contribution >= 4 is 5.91 Å². The Morgan fingerprint density at radius 1 is 1.16 bits per heavy atom. The van der Waals surface area contributed by atoms with Gasteiger partial charge in [0.05, 0.1) is 5.56 Å². The van der Waals surface area contributed by atoms with Crippen LogP contribution < -0.4 is 10.1 Å². The molecule has 1 amide bonds. The topological polar surface area (TPSA) is 38.3 Å². The Bertz CT molecular complexity index is 757. The van der Waals surface area contributed by atoms with Gasteiger partial charge in [-0.1, -0.05) is 29.8 Å². The number of aryl methyl sites for hydroxylation is 2. The van der Waals surface area contributed by atoms with Crippen molar-refractivity contribution in [1.29, 1.82) is 0 Å². The molecule has 0 aliphatic carbocycles. The maximum absolute atomic E-state index is 12.7. The van der Waals surface area contributed by atoms with E-state index in [-0.39, 0.29) is 6.54 Å². The van der Waals surface area contributed by atoms with Crippen LogP contribution in [0.2, 0.25) is 0 Å². The third-order valence-corrected chi connectivity index (χ3v) is 3.72. The SMILES string of the molecule is Cc1ccc(O[C@H](C)C(=O)NCc2cccc(C(F)(F)F)c2)c(C)c1. The standard InChI is InChI=1S/C19H20F3NO2/c1-12-7-8-17(13(2)9-12)25-14(3)18(24)23-11-15-5-4-6-16(10-15)19(20,21)22/h4-10,14H,11H2,1-3H3,(H,23,24)/t14-/m1/s1. The summed E-state index contributed by atoms with van der Waals surface area (Å²) in [7, 11) is 0. The predicted octanol–water partition coefficient (Wildman–Crippen LogP) is 4.41. The lowest BCUT2D eigenvalue weighted by Gasteiger charge is -2.17. The Labute approximate surface area is 144 Å². The molecule has 2 aromatic carbocycles. The van der Waals surface area contributed by atoms with Gasteiger partial charge in [-0.3, -0.25) is 4.79 Å². The van der Waals surface area contributed by atoms with E-state index in [0.717, 1.165) is 23.3 Å². The number of amides is 1. The summed E-state index contributed by atoms with van der Waals surface area (Å²) in [6.07, 6.45) is -5.16. The summed E-state index contributed by atoms with van der Waals surface area (Å²) in [5, 5.41) is 2.60. The molecule has 134 valence electrons. The van der Waals surface area contributed by atoms with Gasteiger partial charge in [-0.25, -0.2) is 0 Å². The van der Waals surface area contributed by atoms with Gasteiger partial charge < -0.3 is 10.1 Å². The molecular formula is C19H20F3NO2. The summed E-state index contributed by atoms with van der Waals surface area (Å²) in [6.45, 7) is 5.45. The van der Waals surface area contributed by atoms with Gasteiger partial charge in [-0.15, -0.1) is 0 Å². The lowest BCUT2D eigenvalue weighted by atomic mass is 10.1. The van der Waals surface area contributed by atoms with E-state index < -0.39 is 23.8 Å². The van der Waals surface area contributed by atoms with Crippen LogP contribution in [0, 0.1) is 13.8 Å². The second kappa shape index (κ2) is 7.59. The minimum Gasteiger partial charge on any atom is -0.481 e. The number of nitrogens with one attached hydrogen (secondary N) is 1. The summed E-state index contributed by atoms with van der Waals surface area (Å²) in [5.41, 5.74) is 1.64. The van der Waals surface area contributed by atoms with Gasteiger partial charge in [0, 0.05) is 6.54 Å². The summed E-state index contributed by atoms with van der Waals surface area (Å²) >= 11 is 0. The van der Waals surface area contributed by atoms with Crippen LogP contribution in [-0.2, 0) is 17.5 Å². The number of hydrogen-bond donors (Lipinski definition) is 1. The van der Waals surface area contributed by atoms with Gasteiger partial charge >= 0.3 is 6.18 Å². The highest BCUT2D eigenvalue weighted by Gasteiger charge is 2.30. The molecule has 1 atom stereocenters. The number of hydrogen-bond acceptors (Lipinski definition) is 2. The third kappa shape index (κ3) is 5.24. The Balaban J connectivity index is 1.95. The van der Waals surface area contributed by atoms with Gasteiger partial charge in [-0.05, 0) is 50.1 Å². The molecule has 0 bridgehead atoms. The molecule has 0 fully saturated rings. The van der Waals surface area contributed by atoms with Crippen LogP contribution in [0.4, 0.5) is 13.2 Å². The molecular weight excluding hydrogens is 331 g/mol. The second-order valence-corrected chi connectivity index (χ2v) is 5.94. The minimum absolute atomic E-state index is 0.00331. The summed E-state index contributed by atoms with van der Waals surface area (Å²) < 4.78 is 43.7. The molecule has 0 aliphatic rings. The summed E-state index contributed by atoms with van der Waals surface area (Å²) in [6, 6.07) is 10.5. The normalized spacial score (nSPS) is 12.6. The predicted molar refractivity (Wildman–Crippen MR) is 89.3 cm³/mol. The second-order valence-electron chi connectivity index (χ2n) is 5.94. The molecule has 0 aromatic heterocycles. The number of rotatable bonds is 5. The lowest BCUT2D eigenvalue weighted by molar-refractivity contribution is -0.137. The van der Waals surface area contributed by atoms with Gasteiger partial charge in [0.2, 0.25) is 0 Å². The fourth-order valence-electron chi connectivity index (χ4n) is 2.37. The first-order chi connectivity index (χ1) is 11.7. The number of carbonyl (C=O) groups is 1. The van der Waals surface area contributed by atoms with Crippen LogP contribution in [0.1, 0.15) is 29.2 Å². The first-order valence-electron chi connectivity index (χ1n) is 7.84. The number of alkyl halides is 3. The third-order valence-electron chi connectivity index (χ3n) is 3.72. The van der Waals surface area contributed by atoms with Gasteiger partial charge in [0.15, 0.2) is 6.10 Å². The van der Waals surface area contributed by atoms with Crippen LogP contribution in [0.25, 0.3) is 0 Å². The Morgan fingerprint density at radius 2 is 1.88 bits per heavy atom. The van der Waals surface area contributed by atoms with Crippen molar-refractivity contribution in [1.82, 2.24) is 5.32 Å². The largest absolute Gasteiger partial charge is 0.481 e. The number of benzene rings is 2. The summed E-state index contributed by atoms with van der Waals surface area (Å²) in [5.74, 6) is 0.213. The molecule has 0 saturated heterocycles. The molecule has 3 nitrogen and oxygen atoms in total. The number of carbonyl (C=O) groups excluding carboxylic acids is 1. The highest BCUT2D eigenvalue weighted by molar-refractivity contribution is 5.80. The smallest absolute Gasteiger partial charge is 0.416 e. The van der Waals surface area contributed by atoms with Crippen molar-refractivity contribution in [3.05, 3.63) is 64.7 Å². The highest BCUT2D eigenvalue weighted by atomic mass is 19.4. The fraction of sp³-hybridized carbons (Fsp3) is 0.316. The van der Waals surface area contributed by atoms with E-state index in [1.165, 1.54) is 12.1 Å². The fourth-order valence-corrected chi connectivity index (χ4v) is 2.37. The molecule has 25 heavy (non-hydrogen) atoms. The van der Waals surface area contributed by atoms with Crippen molar-refractivity contribution in [2.24, 2.45) is 0 Å². The van der Waals surface area contributed by atoms with E-state index in [4.69, 9.17) is 4.74 Å². The van der Waals surface area contributed by atoms with Crippen molar-refractivity contribution in [2.45, 2.75) is 39.6 Å². The average molecular weight is 351 g/mol. The molecule has 0 unspecified atom stereocenters. The molecule has 0 saturated carbocycles. The van der Waals surface area contributed by atoms with Crippen LogP contribution in [0.5, 0.6) is 5.75 Å². The Kier molecular flexibility index (Phi) is 5.72. The zero-order chi connectivity index (χ0) is 18.6. The quantitative estimate of drug-likeness (QED) is 0.867. The number of halogens is 3. The average Bonchev–Trinajstić information content (AvgIpc) is 2.54. The molecule has 0 radical (unpaired) electrons. The van der Waals surface area contributed by atoms with Gasteiger partial charge in [0.25, 0.3) is 5.91 Å². The monoisotopic (exact) mass is 351 g/mol. The van der Waals surface area contributed by atoms with Crippen LogP contribution in [0.3, 0.4) is 0 Å². The van der Waals surface area contributed by atoms with E-state index in [9.17, 15) is 18.0 Å². The minimum atomic E-state index is -4.40. The van der Waals surface area contributed by atoms with Crippen LogP contribution in [0.15, 0.2) is 42.5 Å². The molecule has 0 aliphatic heterocycles. The maximum Gasteiger partial charge on any atom is 0.416 e. The maximum atomic E-state index is 12.7. The molecule has 0 heterocycles. The van der Waals surface area contributed by atoms with Crippen molar-refractivity contribution in [2.75, 3.05) is 0 Å². The van der Waals surface area contributed by atoms with Crippen molar-refractivity contribution in [3.63, 3.8) is 0 Å². The van der Waals surface area contributed by atoms with E-state index in [0.29, 0.717) is 11.3 Å². The van der Waals surface area contributed by atoms with Gasteiger partial charge in [0.1, 0.15) is 5.75 Å². The first kappa shape index (κ1) is 18.8. The van der Waals surface area contributed by atoms with E-state index >= 15 is 0 Å². The molecule has 0 spiro atoms. The van der Waals surface area contributed by atoms with E-state index in [2.05, 4.69) is 5.32 Å². The van der Waals surface area contributed by atoms with Gasteiger partial charge in [-0.2, -0.15) is 13.2 Å². The Morgan fingerprint density at radius 3 is 2.52 bits per heavy atom. The Hall–Kier alpha value is -2.50. The number of ether oxygens (including phenoxy) is 1. The molecule has 6 heteroatoms. The first-order valence-corrected chi connectivity index (χ1v) is 7.84.